The molecule has 2 heterocycles. The molecule has 1 saturated heterocycles. The van der Waals surface area contributed by atoms with E-state index in [1.54, 1.807) is 30.9 Å². The van der Waals surface area contributed by atoms with Crippen LogP contribution in [0, 0.1) is 0 Å². The smallest absolute Gasteiger partial charge is 0.261 e. The fraction of sp³-hybridized carbons (Fsp3) is 0.400. The lowest BCUT2D eigenvalue weighted by Gasteiger charge is -2.36. The molecule has 180 valence electrons. The van der Waals surface area contributed by atoms with Crippen molar-refractivity contribution in [2.45, 2.75) is 19.4 Å². The van der Waals surface area contributed by atoms with Gasteiger partial charge in [0.25, 0.3) is 5.56 Å². The number of nitrogens with zero attached hydrogens (tertiary/aromatic N) is 4. The number of amides is 1. The van der Waals surface area contributed by atoms with E-state index in [2.05, 4.69) is 9.88 Å². The van der Waals surface area contributed by atoms with Gasteiger partial charge in [0.1, 0.15) is 5.75 Å². The number of carbonyl (C=O) groups is 1. The standard InChI is InChI=1S/C25H30N4O5/c1-32-21-8-5-4-7-20(21)27-11-13-28(14-12-27)24(30)9-6-10-29-17-26-19-16-23(34-3)22(33-2)15-18(19)25(29)31/h4-5,7-8,15-17H,6,9-14H2,1-3H3. The maximum Gasteiger partial charge on any atom is 0.261 e. The summed E-state index contributed by atoms with van der Waals surface area (Å²) in [7, 11) is 4.74. The van der Waals surface area contributed by atoms with Crippen molar-refractivity contribution in [1.29, 1.82) is 0 Å². The molecule has 0 aliphatic carbocycles. The SMILES string of the molecule is COc1cc2ncn(CCCC(=O)N3CCN(c4ccccc4OC)CC3)c(=O)c2cc1OC. The van der Waals surface area contributed by atoms with E-state index in [1.807, 2.05) is 29.2 Å². The predicted octanol–water partition coefficient (Wildman–Crippen LogP) is 2.55. The number of hydrogen-bond acceptors (Lipinski definition) is 7. The molecule has 0 saturated carbocycles. The van der Waals surface area contributed by atoms with Gasteiger partial charge in [-0.3, -0.25) is 14.2 Å². The number of para-hydroxylation sites is 2. The van der Waals surface area contributed by atoms with E-state index in [4.69, 9.17) is 14.2 Å². The number of aryl methyl sites for hydroxylation is 1. The zero-order chi connectivity index (χ0) is 24.1. The highest BCUT2D eigenvalue weighted by atomic mass is 16.5. The summed E-state index contributed by atoms with van der Waals surface area (Å²) in [6.45, 7) is 3.26. The van der Waals surface area contributed by atoms with Crippen molar-refractivity contribution in [2.24, 2.45) is 0 Å². The minimum Gasteiger partial charge on any atom is -0.495 e. The van der Waals surface area contributed by atoms with Crippen LogP contribution in [0.1, 0.15) is 12.8 Å². The highest BCUT2D eigenvalue weighted by Gasteiger charge is 2.22. The molecule has 2 aromatic carbocycles. The van der Waals surface area contributed by atoms with Crippen LogP contribution in [0.15, 0.2) is 47.5 Å². The number of piperazine rings is 1. The fourth-order valence-corrected chi connectivity index (χ4v) is 4.29. The van der Waals surface area contributed by atoms with Crippen LogP contribution in [0.4, 0.5) is 5.69 Å². The van der Waals surface area contributed by atoms with Gasteiger partial charge in [0, 0.05) is 45.2 Å². The molecule has 9 nitrogen and oxygen atoms in total. The molecular weight excluding hydrogens is 436 g/mol. The van der Waals surface area contributed by atoms with Gasteiger partial charge >= 0.3 is 0 Å². The van der Waals surface area contributed by atoms with E-state index in [0.717, 1.165) is 24.5 Å². The summed E-state index contributed by atoms with van der Waals surface area (Å²) in [5.41, 5.74) is 1.43. The molecule has 0 atom stereocenters. The minimum absolute atomic E-state index is 0.105. The molecule has 1 aromatic heterocycles. The first-order valence-electron chi connectivity index (χ1n) is 11.3. The van der Waals surface area contributed by atoms with Gasteiger partial charge in [-0.2, -0.15) is 0 Å². The molecule has 0 unspecified atom stereocenters. The number of methoxy groups -OCH3 is 3. The Morgan fingerprint density at radius 1 is 0.941 bits per heavy atom. The minimum atomic E-state index is -0.163. The Morgan fingerprint density at radius 2 is 1.62 bits per heavy atom. The second-order valence-corrected chi connectivity index (χ2v) is 8.11. The summed E-state index contributed by atoms with van der Waals surface area (Å²) in [6.07, 6.45) is 2.46. The Hall–Kier alpha value is -3.75. The second-order valence-electron chi connectivity index (χ2n) is 8.11. The summed E-state index contributed by atoms with van der Waals surface area (Å²) < 4.78 is 17.6. The maximum atomic E-state index is 12.9. The van der Waals surface area contributed by atoms with Crippen LogP contribution in [0.3, 0.4) is 0 Å². The van der Waals surface area contributed by atoms with Crippen molar-refractivity contribution in [3.8, 4) is 17.2 Å². The number of ether oxygens (including phenoxy) is 3. The van der Waals surface area contributed by atoms with E-state index in [9.17, 15) is 9.59 Å². The molecule has 34 heavy (non-hydrogen) atoms. The normalized spacial score (nSPS) is 13.7. The maximum absolute atomic E-state index is 12.9. The van der Waals surface area contributed by atoms with Crippen molar-refractivity contribution in [2.75, 3.05) is 52.4 Å². The zero-order valence-electron chi connectivity index (χ0n) is 19.8. The Balaban J connectivity index is 1.33. The molecule has 0 spiro atoms. The molecule has 1 aliphatic rings. The third-order valence-electron chi connectivity index (χ3n) is 6.18. The highest BCUT2D eigenvalue weighted by molar-refractivity contribution is 5.81. The largest absolute Gasteiger partial charge is 0.495 e. The average Bonchev–Trinajstić information content (AvgIpc) is 2.89. The van der Waals surface area contributed by atoms with Gasteiger partial charge in [-0.15, -0.1) is 0 Å². The van der Waals surface area contributed by atoms with Crippen LogP contribution in [-0.4, -0.2) is 67.9 Å². The highest BCUT2D eigenvalue weighted by Crippen LogP contribution is 2.30. The van der Waals surface area contributed by atoms with Crippen molar-refractivity contribution < 1.29 is 19.0 Å². The molecule has 1 aliphatic heterocycles. The molecule has 0 bridgehead atoms. The Bertz CT molecular complexity index is 1220. The number of hydrogen-bond donors (Lipinski definition) is 0. The molecular formula is C25H30N4O5. The number of aromatic nitrogens is 2. The van der Waals surface area contributed by atoms with Crippen molar-refractivity contribution in [3.63, 3.8) is 0 Å². The van der Waals surface area contributed by atoms with Gasteiger partial charge in [-0.05, 0) is 24.6 Å². The molecule has 1 fully saturated rings. The van der Waals surface area contributed by atoms with E-state index in [0.29, 0.717) is 54.9 Å². The summed E-state index contributed by atoms with van der Waals surface area (Å²) >= 11 is 0. The van der Waals surface area contributed by atoms with Crippen molar-refractivity contribution in [3.05, 3.63) is 53.1 Å². The predicted molar refractivity (Wildman–Crippen MR) is 130 cm³/mol. The first-order valence-corrected chi connectivity index (χ1v) is 11.3. The van der Waals surface area contributed by atoms with E-state index in [-0.39, 0.29) is 11.5 Å². The monoisotopic (exact) mass is 466 g/mol. The van der Waals surface area contributed by atoms with E-state index in [1.165, 1.54) is 13.4 Å². The average molecular weight is 467 g/mol. The van der Waals surface area contributed by atoms with Crippen LogP contribution in [-0.2, 0) is 11.3 Å². The lowest BCUT2D eigenvalue weighted by atomic mass is 10.2. The topological polar surface area (TPSA) is 86.1 Å². The van der Waals surface area contributed by atoms with Gasteiger partial charge in [0.05, 0.1) is 44.2 Å². The fourth-order valence-electron chi connectivity index (χ4n) is 4.29. The molecule has 1 amide bonds. The van der Waals surface area contributed by atoms with Gasteiger partial charge in [0.15, 0.2) is 11.5 Å². The van der Waals surface area contributed by atoms with Gasteiger partial charge in [-0.1, -0.05) is 12.1 Å². The number of carbonyl (C=O) groups excluding carboxylic acids is 1. The molecule has 3 aromatic rings. The quantitative estimate of drug-likeness (QED) is 0.504. The zero-order valence-corrected chi connectivity index (χ0v) is 19.8. The van der Waals surface area contributed by atoms with Crippen molar-refractivity contribution in [1.82, 2.24) is 14.5 Å². The summed E-state index contributed by atoms with van der Waals surface area (Å²) in [5, 5.41) is 0.457. The third-order valence-corrected chi connectivity index (χ3v) is 6.18. The lowest BCUT2D eigenvalue weighted by molar-refractivity contribution is -0.131. The number of anilines is 1. The van der Waals surface area contributed by atoms with Crippen LogP contribution in [0.25, 0.3) is 10.9 Å². The van der Waals surface area contributed by atoms with Gasteiger partial charge in [0.2, 0.25) is 5.91 Å². The van der Waals surface area contributed by atoms with E-state index >= 15 is 0 Å². The lowest BCUT2D eigenvalue weighted by Crippen LogP contribution is -2.48. The summed E-state index contributed by atoms with van der Waals surface area (Å²) in [6, 6.07) is 11.3. The first kappa shape index (κ1) is 23.4. The van der Waals surface area contributed by atoms with Gasteiger partial charge < -0.3 is 24.0 Å². The molecule has 0 radical (unpaired) electrons. The molecule has 0 N–H and O–H groups in total. The molecule has 4 rings (SSSR count). The van der Waals surface area contributed by atoms with E-state index < -0.39 is 0 Å². The van der Waals surface area contributed by atoms with Gasteiger partial charge in [-0.25, -0.2) is 4.98 Å². The number of rotatable bonds is 8. The molecule has 9 heteroatoms. The third kappa shape index (κ3) is 4.78. The Kier molecular flexibility index (Phi) is 7.20. The summed E-state index contributed by atoms with van der Waals surface area (Å²) in [5.74, 6) is 1.95. The van der Waals surface area contributed by atoms with Crippen LogP contribution in [0.5, 0.6) is 17.2 Å². The first-order chi connectivity index (χ1) is 16.5. The second kappa shape index (κ2) is 10.5. The van der Waals surface area contributed by atoms with Crippen molar-refractivity contribution >= 4 is 22.5 Å². The summed E-state index contributed by atoms with van der Waals surface area (Å²) in [4.78, 5) is 34.2. The van der Waals surface area contributed by atoms with Crippen LogP contribution in [0.2, 0.25) is 0 Å². The Morgan fingerprint density at radius 3 is 2.32 bits per heavy atom. The van der Waals surface area contributed by atoms with Crippen LogP contribution >= 0.6 is 0 Å². The number of fused-ring (bicyclic) bond motifs is 1. The number of benzene rings is 2. The van der Waals surface area contributed by atoms with Crippen LogP contribution < -0.4 is 24.7 Å². The Labute approximate surface area is 198 Å².